The maximum atomic E-state index is 11.4. The van der Waals surface area contributed by atoms with Gasteiger partial charge in [0, 0.05) is 6.54 Å². The first-order valence-electron chi connectivity index (χ1n) is 8.54. The van der Waals surface area contributed by atoms with Crippen LogP contribution < -0.4 is 4.74 Å². The van der Waals surface area contributed by atoms with Crippen LogP contribution in [0.5, 0.6) is 5.75 Å². The lowest BCUT2D eigenvalue weighted by Gasteiger charge is -2.43. The van der Waals surface area contributed by atoms with Crippen LogP contribution in [0.3, 0.4) is 0 Å². The Bertz CT molecular complexity index is 735. The molecular weight excluding hydrogens is 354 g/mol. The molecule has 6 heteroatoms. The number of morpholine rings is 1. The van der Waals surface area contributed by atoms with E-state index in [2.05, 4.69) is 0 Å². The summed E-state index contributed by atoms with van der Waals surface area (Å²) in [6.07, 6.45) is -0.960. The highest BCUT2D eigenvalue weighted by Gasteiger charge is 2.44. The van der Waals surface area contributed by atoms with Crippen LogP contribution >= 0.6 is 11.6 Å². The summed E-state index contributed by atoms with van der Waals surface area (Å²) < 4.78 is 11.8. The van der Waals surface area contributed by atoms with Gasteiger partial charge in [-0.1, -0.05) is 42.5 Å². The highest BCUT2D eigenvalue weighted by Crippen LogP contribution is 2.37. The van der Waals surface area contributed by atoms with Crippen molar-refractivity contribution < 1.29 is 19.4 Å². The first-order chi connectivity index (χ1) is 12.5. The quantitative estimate of drug-likeness (QED) is 0.799. The molecule has 1 amide bonds. The van der Waals surface area contributed by atoms with Gasteiger partial charge in [-0.05, 0) is 30.2 Å². The molecule has 0 aromatic heterocycles. The fraction of sp³-hybridized carbons (Fsp3) is 0.350. The number of benzene rings is 2. The van der Waals surface area contributed by atoms with E-state index in [1.54, 1.807) is 0 Å². The van der Waals surface area contributed by atoms with Gasteiger partial charge in [-0.3, -0.25) is 0 Å². The fourth-order valence-electron chi connectivity index (χ4n) is 3.13. The molecule has 0 bridgehead atoms. The summed E-state index contributed by atoms with van der Waals surface area (Å²) in [5.74, 6) is 0.737. The molecule has 2 aromatic carbocycles. The van der Waals surface area contributed by atoms with Crippen molar-refractivity contribution in [3.05, 3.63) is 65.7 Å². The van der Waals surface area contributed by atoms with Crippen molar-refractivity contribution in [2.45, 2.75) is 24.5 Å². The van der Waals surface area contributed by atoms with E-state index in [0.29, 0.717) is 19.8 Å². The predicted octanol–water partition coefficient (Wildman–Crippen LogP) is 4.10. The molecule has 2 aromatic rings. The van der Waals surface area contributed by atoms with Crippen LogP contribution in [-0.2, 0) is 16.9 Å². The zero-order chi connectivity index (χ0) is 18.6. The molecule has 1 aliphatic heterocycles. The van der Waals surface area contributed by atoms with Gasteiger partial charge >= 0.3 is 6.09 Å². The Morgan fingerprint density at radius 1 is 1.27 bits per heavy atom. The number of hydrogen-bond donors (Lipinski definition) is 1. The summed E-state index contributed by atoms with van der Waals surface area (Å²) in [4.78, 5) is 12.7. The molecule has 0 radical (unpaired) electrons. The minimum absolute atomic E-state index is 0.206. The number of carboxylic acid groups (broad SMARTS) is 1. The van der Waals surface area contributed by atoms with E-state index in [1.165, 1.54) is 4.90 Å². The molecule has 5 nitrogen and oxygen atoms in total. The van der Waals surface area contributed by atoms with Gasteiger partial charge in [0.05, 0.1) is 18.5 Å². The number of hydrogen-bond acceptors (Lipinski definition) is 3. The van der Waals surface area contributed by atoms with Crippen LogP contribution in [0.2, 0.25) is 0 Å². The van der Waals surface area contributed by atoms with Gasteiger partial charge in [0.15, 0.2) is 0 Å². The molecule has 1 saturated heterocycles. The van der Waals surface area contributed by atoms with Gasteiger partial charge in [0.25, 0.3) is 0 Å². The Balaban J connectivity index is 1.75. The topological polar surface area (TPSA) is 59.0 Å². The zero-order valence-electron chi connectivity index (χ0n) is 14.6. The summed E-state index contributed by atoms with van der Waals surface area (Å²) in [5.41, 5.74) is 1.07. The third-order valence-electron chi connectivity index (χ3n) is 4.65. The predicted molar refractivity (Wildman–Crippen MR) is 99.8 cm³/mol. The first-order valence-corrected chi connectivity index (χ1v) is 8.98. The Labute approximate surface area is 158 Å². The lowest BCUT2D eigenvalue weighted by Crippen LogP contribution is -2.55. The van der Waals surface area contributed by atoms with E-state index in [9.17, 15) is 9.90 Å². The van der Waals surface area contributed by atoms with E-state index in [-0.39, 0.29) is 11.9 Å². The number of halogens is 1. The normalized spacial score (nSPS) is 21.2. The van der Waals surface area contributed by atoms with Crippen molar-refractivity contribution >= 4 is 17.7 Å². The Morgan fingerprint density at radius 2 is 1.96 bits per heavy atom. The van der Waals surface area contributed by atoms with E-state index in [1.807, 2.05) is 61.5 Å². The molecule has 0 saturated carbocycles. The molecule has 138 valence electrons. The van der Waals surface area contributed by atoms with Crippen molar-refractivity contribution in [2.75, 3.05) is 19.7 Å². The Morgan fingerprint density at radius 3 is 2.58 bits per heavy atom. The second kappa shape index (κ2) is 7.98. The van der Waals surface area contributed by atoms with Crippen LogP contribution in [-0.4, -0.2) is 41.2 Å². The number of ether oxygens (including phenoxy) is 2. The Kier molecular flexibility index (Phi) is 5.69. The van der Waals surface area contributed by atoms with Crippen molar-refractivity contribution in [3.8, 4) is 5.75 Å². The second-order valence-electron chi connectivity index (χ2n) is 6.36. The summed E-state index contributed by atoms with van der Waals surface area (Å²) in [6.45, 7) is 3.18. The molecule has 3 rings (SSSR count). The number of nitrogens with zero attached hydrogens (tertiary/aromatic N) is 1. The van der Waals surface area contributed by atoms with E-state index >= 15 is 0 Å². The molecule has 0 aliphatic carbocycles. The van der Waals surface area contributed by atoms with Gasteiger partial charge in [-0.2, -0.15) is 0 Å². The average Bonchev–Trinajstić information content (AvgIpc) is 2.67. The van der Waals surface area contributed by atoms with Gasteiger partial charge < -0.3 is 19.5 Å². The van der Waals surface area contributed by atoms with Crippen molar-refractivity contribution in [1.82, 2.24) is 4.90 Å². The summed E-state index contributed by atoms with van der Waals surface area (Å²) in [5, 5.41) is 8.94. The third kappa shape index (κ3) is 3.94. The van der Waals surface area contributed by atoms with Crippen LogP contribution in [0.4, 0.5) is 4.79 Å². The maximum Gasteiger partial charge on any atom is 0.407 e. The highest BCUT2D eigenvalue weighted by atomic mass is 35.5. The van der Waals surface area contributed by atoms with E-state index in [4.69, 9.17) is 21.1 Å². The highest BCUT2D eigenvalue weighted by molar-refractivity contribution is 6.21. The summed E-state index contributed by atoms with van der Waals surface area (Å²) in [7, 11) is 0. The van der Waals surface area contributed by atoms with Gasteiger partial charge in [0.1, 0.15) is 18.0 Å². The van der Waals surface area contributed by atoms with Crippen LogP contribution in [0.1, 0.15) is 18.1 Å². The number of alkyl halides is 1. The Hall–Kier alpha value is -2.24. The van der Waals surface area contributed by atoms with Crippen molar-refractivity contribution in [1.29, 1.82) is 0 Å². The van der Waals surface area contributed by atoms with Gasteiger partial charge in [-0.25, -0.2) is 4.79 Å². The van der Waals surface area contributed by atoms with Crippen LogP contribution in [0, 0.1) is 0 Å². The van der Waals surface area contributed by atoms with E-state index < -0.39 is 11.7 Å². The minimum Gasteiger partial charge on any atom is -0.489 e. The molecule has 1 unspecified atom stereocenters. The summed E-state index contributed by atoms with van der Waals surface area (Å²) >= 11 is 6.42. The lowest BCUT2D eigenvalue weighted by molar-refractivity contribution is -0.107. The van der Waals surface area contributed by atoms with Crippen LogP contribution in [0.25, 0.3) is 0 Å². The summed E-state index contributed by atoms with van der Waals surface area (Å²) in [6, 6.07) is 17.4. The number of carbonyl (C=O) groups is 1. The molecule has 1 heterocycles. The second-order valence-corrected chi connectivity index (χ2v) is 7.01. The molecule has 26 heavy (non-hydrogen) atoms. The number of amides is 1. The molecule has 1 fully saturated rings. The number of rotatable bonds is 5. The molecule has 0 spiro atoms. The lowest BCUT2D eigenvalue weighted by atomic mass is 9.88. The third-order valence-corrected chi connectivity index (χ3v) is 5.00. The van der Waals surface area contributed by atoms with Gasteiger partial charge in [-0.15, -0.1) is 11.6 Å². The van der Waals surface area contributed by atoms with E-state index in [0.717, 1.165) is 16.9 Å². The SMILES string of the molecule is CC(Cl)[C@@]1(c2ccc(OCc3ccccc3)cc2)CN(C(=O)O)CCO1. The van der Waals surface area contributed by atoms with Gasteiger partial charge in [0.2, 0.25) is 0 Å². The monoisotopic (exact) mass is 375 g/mol. The molecule has 1 N–H and O–H groups in total. The minimum atomic E-state index is -0.960. The smallest absolute Gasteiger partial charge is 0.407 e. The maximum absolute atomic E-state index is 11.4. The molecule has 1 aliphatic rings. The largest absolute Gasteiger partial charge is 0.489 e. The molecular formula is C20H22ClNO4. The fourth-order valence-corrected chi connectivity index (χ4v) is 3.39. The first kappa shape index (κ1) is 18.5. The zero-order valence-corrected chi connectivity index (χ0v) is 15.4. The standard InChI is InChI=1S/C20H22ClNO4/c1-15(21)20(14-22(19(23)24)11-12-26-20)17-7-9-18(10-8-17)25-13-16-5-3-2-4-6-16/h2-10,15H,11-14H2,1H3,(H,23,24)/t15?,20-/m1/s1. The average molecular weight is 376 g/mol. The van der Waals surface area contributed by atoms with Crippen molar-refractivity contribution in [2.24, 2.45) is 0 Å². The van der Waals surface area contributed by atoms with Crippen LogP contribution in [0.15, 0.2) is 54.6 Å². The van der Waals surface area contributed by atoms with Crippen molar-refractivity contribution in [3.63, 3.8) is 0 Å². The molecule has 2 atom stereocenters.